The lowest BCUT2D eigenvalue weighted by molar-refractivity contribution is 0.0697. The summed E-state index contributed by atoms with van der Waals surface area (Å²) < 4.78 is 31.8. The Morgan fingerprint density at radius 3 is 2.67 bits per heavy atom. The van der Waals surface area contributed by atoms with Crippen molar-refractivity contribution in [3.05, 3.63) is 23.8 Å². The Hall–Kier alpha value is -1.64. The van der Waals surface area contributed by atoms with E-state index in [4.69, 9.17) is 4.74 Å². The van der Waals surface area contributed by atoms with Crippen LogP contribution in [0.15, 0.2) is 23.1 Å². The number of carboxylic acids is 1. The molecule has 0 saturated heterocycles. The van der Waals surface area contributed by atoms with E-state index in [1.807, 2.05) is 13.8 Å². The van der Waals surface area contributed by atoms with Crippen LogP contribution in [0.3, 0.4) is 0 Å². The van der Waals surface area contributed by atoms with E-state index < -0.39 is 16.0 Å². The summed E-state index contributed by atoms with van der Waals surface area (Å²) >= 11 is 0. The highest BCUT2D eigenvalue weighted by molar-refractivity contribution is 7.89. The van der Waals surface area contributed by atoms with Gasteiger partial charge in [-0.1, -0.05) is 13.3 Å². The zero-order valence-corrected chi connectivity index (χ0v) is 15.1. The van der Waals surface area contributed by atoms with E-state index >= 15 is 0 Å². The minimum atomic E-state index is -3.75. The van der Waals surface area contributed by atoms with E-state index in [9.17, 15) is 18.3 Å². The summed E-state index contributed by atoms with van der Waals surface area (Å²) in [6.07, 6.45) is 2.39. The van der Waals surface area contributed by atoms with Crippen molar-refractivity contribution in [1.29, 1.82) is 0 Å². The number of carboxylic acid groups (broad SMARTS) is 1. The Balaban J connectivity index is 2.98. The van der Waals surface area contributed by atoms with Crippen molar-refractivity contribution in [2.24, 2.45) is 0 Å². The summed E-state index contributed by atoms with van der Waals surface area (Å²) in [4.78, 5) is 11.4. The minimum Gasteiger partial charge on any atom is -0.478 e. The number of ether oxygens (including phenoxy) is 1. The lowest BCUT2D eigenvalue weighted by Gasteiger charge is -2.17. The first-order valence-corrected chi connectivity index (χ1v) is 9.42. The zero-order chi connectivity index (χ0) is 18.2. The molecule has 0 aliphatic carbocycles. The maximum Gasteiger partial charge on any atom is 0.337 e. The van der Waals surface area contributed by atoms with Crippen LogP contribution in [-0.4, -0.2) is 45.8 Å². The Morgan fingerprint density at radius 2 is 2.08 bits per heavy atom. The quantitative estimate of drug-likeness (QED) is 0.524. The molecule has 0 amide bonds. The van der Waals surface area contributed by atoms with Crippen molar-refractivity contribution in [2.45, 2.75) is 44.0 Å². The Bertz CT molecular complexity index is 646. The first-order chi connectivity index (χ1) is 11.3. The van der Waals surface area contributed by atoms with Gasteiger partial charge in [0, 0.05) is 32.0 Å². The lowest BCUT2D eigenvalue weighted by atomic mass is 10.1. The summed E-state index contributed by atoms with van der Waals surface area (Å²) in [6, 6.07) is 4.19. The second kappa shape index (κ2) is 9.61. The fourth-order valence-electron chi connectivity index (χ4n) is 2.27. The molecule has 0 radical (unpaired) electrons. The second-order valence-electron chi connectivity index (χ2n) is 5.59. The molecule has 0 aliphatic rings. The van der Waals surface area contributed by atoms with Gasteiger partial charge in [0.1, 0.15) is 0 Å². The van der Waals surface area contributed by atoms with Crippen molar-refractivity contribution in [3.63, 3.8) is 0 Å². The Kier molecular flexibility index (Phi) is 8.17. The molecule has 136 valence electrons. The van der Waals surface area contributed by atoms with Crippen molar-refractivity contribution in [3.8, 4) is 0 Å². The first-order valence-electron chi connectivity index (χ1n) is 7.94. The molecule has 0 spiro atoms. The van der Waals surface area contributed by atoms with Crippen LogP contribution in [0, 0.1) is 0 Å². The topological polar surface area (TPSA) is 105 Å². The fourth-order valence-corrected chi connectivity index (χ4v) is 3.37. The standard InChI is InChI=1S/C16H26N2O5S/c1-4-6-12(2)18-15-8-7-13(11-14(15)16(19)20)24(21,22)17-9-5-10-23-3/h7-8,11-12,17-18H,4-6,9-10H2,1-3H3,(H,19,20)/t12-/m1/s1. The molecular formula is C16H26N2O5S. The smallest absolute Gasteiger partial charge is 0.337 e. The minimum absolute atomic E-state index is 0.0577. The number of hydrogen-bond acceptors (Lipinski definition) is 5. The van der Waals surface area contributed by atoms with Crippen molar-refractivity contribution >= 4 is 21.7 Å². The van der Waals surface area contributed by atoms with Crippen LogP contribution < -0.4 is 10.0 Å². The third kappa shape index (κ3) is 6.10. The van der Waals surface area contributed by atoms with Gasteiger partial charge in [0.2, 0.25) is 10.0 Å². The summed E-state index contributed by atoms with van der Waals surface area (Å²) in [6.45, 7) is 4.67. The molecule has 0 bridgehead atoms. The number of methoxy groups -OCH3 is 1. The van der Waals surface area contributed by atoms with Gasteiger partial charge in [-0.05, 0) is 38.0 Å². The normalized spacial score (nSPS) is 12.8. The lowest BCUT2D eigenvalue weighted by Crippen LogP contribution is -2.26. The fraction of sp³-hybridized carbons (Fsp3) is 0.562. The van der Waals surface area contributed by atoms with Crippen LogP contribution in [-0.2, 0) is 14.8 Å². The van der Waals surface area contributed by atoms with Gasteiger partial charge in [-0.25, -0.2) is 17.9 Å². The average molecular weight is 358 g/mol. The number of hydrogen-bond donors (Lipinski definition) is 3. The molecule has 7 nitrogen and oxygen atoms in total. The van der Waals surface area contributed by atoms with Gasteiger partial charge < -0.3 is 15.2 Å². The molecule has 24 heavy (non-hydrogen) atoms. The number of sulfonamides is 1. The molecule has 0 aromatic heterocycles. The number of rotatable bonds is 11. The van der Waals surface area contributed by atoms with E-state index in [1.165, 1.54) is 18.2 Å². The summed E-state index contributed by atoms with van der Waals surface area (Å²) in [5.41, 5.74) is 0.361. The van der Waals surface area contributed by atoms with E-state index in [0.717, 1.165) is 12.8 Å². The number of aromatic carboxylic acids is 1. The maximum absolute atomic E-state index is 12.2. The van der Waals surface area contributed by atoms with Gasteiger partial charge in [0.15, 0.2) is 0 Å². The van der Waals surface area contributed by atoms with Crippen molar-refractivity contribution < 1.29 is 23.1 Å². The molecular weight excluding hydrogens is 332 g/mol. The van der Waals surface area contributed by atoms with Crippen LogP contribution in [0.5, 0.6) is 0 Å². The van der Waals surface area contributed by atoms with Gasteiger partial charge >= 0.3 is 5.97 Å². The summed E-state index contributed by atoms with van der Waals surface area (Å²) in [5, 5.41) is 12.5. The zero-order valence-electron chi connectivity index (χ0n) is 14.3. The molecule has 0 unspecified atom stereocenters. The molecule has 3 N–H and O–H groups in total. The maximum atomic E-state index is 12.2. The SMILES string of the molecule is CCC[C@@H](C)Nc1ccc(S(=O)(=O)NCCCOC)cc1C(=O)O. The van der Waals surface area contributed by atoms with Crippen molar-refractivity contribution in [1.82, 2.24) is 4.72 Å². The number of benzene rings is 1. The number of carbonyl (C=O) groups is 1. The van der Waals surface area contributed by atoms with Gasteiger partial charge in [0.05, 0.1) is 10.5 Å². The highest BCUT2D eigenvalue weighted by atomic mass is 32.2. The first kappa shape index (κ1) is 20.4. The van der Waals surface area contributed by atoms with Gasteiger partial charge in [0.25, 0.3) is 0 Å². The van der Waals surface area contributed by atoms with E-state index in [0.29, 0.717) is 18.7 Å². The highest BCUT2D eigenvalue weighted by Gasteiger charge is 2.19. The third-order valence-corrected chi connectivity index (χ3v) is 4.93. The van der Waals surface area contributed by atoms with Gasteiger partial charge in [-0.3, -0.25) is 0 Å². The molecule has 1 atom stereocenters. The monoisotopic (exact) mass is 358 g/mol. The van der Waals surface area contributed by atoms with Crippen LogP contribution in [0.2, 0.25) is 0 Å². The van der Waals surface area contributed by atoms with Crippen LogP contribution in [0.25, 0.3) is 0 Å². The molecule has 0 fully saturated rings. The Labute approximate surface area is 143 Å². The highest BCUT2D eigenvalue weighted by Crippen LogP contribution is 2.22. The summed E-state index contributed by atoms with van der Waals surface area (Å²) in [5.74, 6) is -1.17. The molecule has 1 aromatic rings. The van der Waals surface area contributed by atoms with E-state index in [-0.39, 0.29) is 23.0 Å². The van der Waals surface area contributed by atoms with E-state index in [1.54, 1.807) is 7.11 Å². The van der Waals surface area contributed by atoms with Crippen LogP contribution in [0.1, 0.15) is 43.5 Å². The van der Waals surface area contributed by atoms with Gasteiger partial charge in [-0.15, -0.1) is 0 Å². The molecule has 1 aromatic carbocycles. The molecule has 8 heteroatoms. The average Bonchev–Trinajstić information content (AvgIpc) is 2.51. The number of nitrogens with one attached hydrogen (secondary N) is 2. The summed E-state index contributed by atoms with van der Waals surface area (Å²) in [7, 11) is -2.21. The molecule has 1 rings (SSSR count). The van der Waals surface area contributed by atoms with Crippen LogP contribution >= 0.6 is 0 Å². The molecule has 0 saturated carbocycles. The van der Waals surface area contributed by atoms with Gasteiger partial charge in [-0.2, -0.15) is 0 Å². The number of anilines is 1. The molecule has 0 aliphatic heterocycles. The second-order valence-corrected chi connectivity index (χ2v) is 7.36. The Morgan fingerprint density at radius 1 is 1.38 bits per heavy atom. The van der Waals surface area contributed by atoms with E-state index in [2.05, 4.69) is 10.0 Å². The largest absolute Gasteiger partial charge is 0.478 e. The van der Waals surface area contributed by atoms with Crippen LogP contribution in [0.4, 0.5) is 5.69 Å². The predicted octanol–water partition coefficient (Wildman–Crippen LogP) is 2.30. The van der Waals surface area contributed by atoms with Crippen molar-refractivity contribution in [2.75, 3.05) is 25.6 Å². The predicted molar refractivity (Wildman–Crippen MR) is 93.1 cm³/mol. The molecule has 0 heterocycles. The third-order valence-electron chi connectivity index (χ3n) is 3.47.